The predicted octanol–water partition coefficient (Wildman–Crippen LogP) is 4.03. The number of aromatic nitrogens is 2. The summed E-state index contributed by atoms with van der Waals surface area (Å²) >= 11 is 6.13. The highest BCUT2D eigenvalue weighted by atomic mass is 35.5. The number of ether oxygens (including phenoxy) is 1. The van der Waals surface area contributed by atoms with Crippen LogP contribution < -0.4 is 0 Å². The molecule has 200 valence electrons. The third-order valence-corrected chi connectivity index (χ3v) is 9.61. The van der Waals surface area contributed by atoms with Crippen LogP contribution in [0.1, 0.15) is 48.9 Å². The van der Waals surface area contributed by atoms with E-state index in [0.717, 1.165) is 68.3 Å². The van der Waals surface area contributed by atoms with Crippen LogP contribution in [-0.4, -0.2) is 73.1 Å². The largest absolute Gasteiger partial charge is 0.379 e. The second-order valence-electron chi connectivity index (χ2n) is 10.7. The molecule has 3 heterocycles. The molecule has 0 radical (unpaired) electrons. The number of halogens is 1. The molecule has 0 N–H and O–H groups in total. The van der Waals surface area contributed by atoms with Crippen LogP contribution in [0.25, 0.3) is 11.3 Å². The van der Waals surface area contributed by atoms with Crippen molar-refractivity contribution in [3.63, 3.8) is 0 Å². The third-order valence-electron chi connectivity index (χ3n) is 8.13. The van der Waals surface area contributed by atoms with Crippen molar-refractivity contribution in [2.45, 2.75) is 51.6 Å². The molecule has 2 unspecified atom stereocenters. The molecule has 0 spiro atoms. The van der Waals surface area contributed by atoms with Crippen LogP contribution in [0, 0.1) is 24.2 Å². The number of nitrogens with zero attached hydrogens (tertiary/aromatic N) is 4. The molecule has 0 bridgehead atoms. The van der Waals surface area contributed by atoms with Gasteiger partial charge >= 0.3 is 0 Å². The Morgan fingerprint density at radius 3 is 2.54 bits per heavy atom. The van der Waals surface area contributed by atoms with Gasteiger partial charge in [-0.15, -0.1) is 6.42 Å². The van der Waals surface area contributed by atoms with E-state index < -0.39 is 10.0 Å². The molecule has 2 aliphatic heterocycles. The number of aryl methyl sites for hydroxylation is 1. The zero-order valence-electron chi connectivity index (χ0n) is 21.7. The van der Waals surface area contributed by atoms with Gasteiger partial charge in [-0.3, -0.25) is 9.58 Å². The van der Waals surface area contributed by atoms with Crippen molar-refractivity contribution in [3.05, 3.63) is 40.0 Å². The van der Waals surface area contributed by atoms with E-state index in [9.17, 15) is 8.42 Å². The lowest BCUT2D eigenvalue weighted by molar-refractivity contribution is 0.0368. The van der Waals surface area contributed by atoms with E-state index in [-0.39, 0.29) is 0 Å². The topological polar surface area (TPSA) is 67.7 Å². The van der Waals surface area contributed by atoms with Gasteiger partial charge in [0.2, 0.25) is 10.0 Å². The molecule has 37 heavy (non-hydrogen) atoms. The van der Waals surface area contributed by atoms with Crippen molar-refractivity contribution in [1.82, 2.24) is 19.0 Å². The molecule has 2 saturated carbocycles. The fourth-order valence-electron chi connectivity index (χ4n) is 5.92. The predicted molar refractivity (Wildman–Crippen MR) is 147 cm³/mol. The molecular weight excluding hydrogens is 508 g/mol. The van der Waals surface area contributed by atoms with Gasteiger partial charge in [-0.1, -0.05) is 36.8 Å². The van der Waals surface area contributed by atoms with E-state index >= 15 is 0 Å². The van der Waals surface area contributed by atoms with Crippen LogP contribution in [0.4, 0.5) is 0 Å². The molecule has 7 nitrogen and oxygen atoms in total. The minimum absolute atomic E-state index is 0.305. The third kappa shape index (κ3) is 6.40. The maximum atomic E-state index is 12.2. The van der Waals surface area contributed by atoms with E-state index in [1.807, 2.05) is 10.7 Å². The van der Waals surface area contributed by atoms with Gasteiger partial charge in [-0.25, -0.2) is 8.42 Å². The molecule has 1 aromatic carbocycles. The number of hydrogen-bond donors (Lipinski definition) is 0. The highest BCUT2D eigenvalue weighted by molar-refractivity contribution is 7.88. The molecule has 4 aliphatic rings. The number of hydrogen-bond acceptors (Lipinski definition) is 5. The summed E-state index contributed by atoms with van der Waals surface area (Å²) in [7, 11) is -3.30. The summed E-state index contributed by atoms with van der Waals surface area (Å²) in [5, 5.41) is 5.48. The summed E-state index contributed by atoms with van der Waals surface area (Å²) in [4.78, 5) is 2.40. The van der Waals surface area contributed by atoms with Crippen LogP contribution in [0.5, 0.6) is 0 Å². The van der Waals surface area contributed by atoms with E-state index in [1.165, 1.54) is 28.8 Å². The Balaban J connectivity index is 0.000000403. The minimum Gasteiger partial charge on any atom is -0.379 e. The maximum Gasteiger partial charge on any atom is 0.211 e. The SMILES string of the molecule is C#Cc1cc(Cl)ccc1-c1nn(CCCN2CCOCC2)c2c1CN(S(C)(=O)=O)CC2.C1CC2CC2C1. The summed E-state index contributed by atoms with van der Waals surface area (Å²) in [6.07, 6.45) is 14.8. The first-order valence-electron chi connectivity index (χ1n) is 13.4. The van der Waals surface area contributed by atoms with Gasteiger partial charge in [0.15, 0.2) is 0 Å². The number of rotatable bonds is 6. The summed E-state index contributed by atoms with van der Waals surface area (Å²) in [5.41, 5.74) is 4.24. The summed E-state index contributed by atoms with van der Waals surface area (Å²) in [5.74, 6) is 5.12. The van der Waals surface area contributed by atoms with Gasteiger partial charge in [0.25, 0.3) is 0 Å². The van der Waals surface area contributed by atoms with Gasteiger partial charge in [0.1, 0.15) is 0 Å². The fraction of sp³-hybridized carbons (Fsp3) is 0.607. The van der Waals surface area contributed by atoms with Crippen molar-refractivity contribution < 1.29 is 13.2 Å². The first-order chi connectivity index (χ1) is 17.8. The van der Waals surface area contributed by atoms with Crippen LogP contribution in [-0.2, 0) is 34.3 Å². The highest BCUT2D eigenvalue weighted by Gasteiger charge is 2.40. The van der Waals surface area contributed by atoms with Crippen molar-refractivity contribution >= 4 is 21.6 Å². The molecule has 3 fully saturated rings. The second-order valence-corrected chi connectivity index (χ2v) is 13.1. The average molecular weight is 545 g/mol. The van der Waals surface area contributed by atoms with E-state index in [1.54, 1.807) is 31.4 Å². The Hall–Kier alpha value is -1.89. The fourth-order valence-corrected chi connectivity index (χ4v) is 6.88. The summed E-state index contributed by atoms with van der Waals surface area (Å²) < 4.78 is 33.4. The van der Waals surface area contributed by atoms with Gasteiger partial charge in [-0.2, -0.15) is 9.40 Å². The van der Waals surface area contributed by atoms with E-state index in [0.29, 0.717) is 30.1 Å². The smallest absolute Gasteiger partial charge is 0.211 e. The molecule has 2 aliphatic carbocycles. The van der Waals surface area contributed by atoms with Gasteiger partial charge < -0.3 is 4.74 Å². The summed E-state index contributed by atoms with van der Waals surface area (Å²) in [6.45, 7) is 6.02. The zero-order valence-corrected chi connectivity index (χ0v) is 23.2. The average Bonchev–Trinajstić information content (AvgIpc) is 3.32. The lowest BCUT2D eigenvalue weighted by Crippen LogP contribution is -2.37. The van der Waals surface area contributed by atoms with Crippen molar-refractivity contribution in [1.29, 1.82) is 0 Å². The molecule has 2 aromatic rings. The number of sulfonamides is 1. The van der Waals surface area contributed by atoms with Crippen LogP contribution in [0.3, 0.4) is 0 Å². The van der Waals surface area contributed by atoms with E-state index in [2.05, 4.69) is 10.8 Å². The van der Waals surface area contributed by atoms with Crippen LogP contribution >= 0.6 is 11.6 Å². The first-order valence-corrected chi connectivity index (χ1v) is 15.7. The molecule has 1 aromatic heterocycles. The molecule has 6 rings (SSSR count). The monoisotopic (exact) mass is 544 g/mol. The first kappa shape index (κ1) is 26.7. The Morgan fingerprint density at radius 2 is 1.92 bits per heavy atom. The van der Waals surface area contributed by atoms with Crippen molar-refractivity contribution in [3.8, 4) is 23.6 Å². The van der Waals surface area contributed by atoms with Crippen LogP contribution in [0.15, 0.2) is 18.2 Å². The highest BCUT2D eigenvalue weighted by Crippen LogP contribution is 2.51. The molecule has 0 amide bonds. The van der Waals surface area contributed by atoms with Gasteiger partial charge in [-0.05, 0) is 42.9 Å². The number of benzene rings is 1. The standard InChI is InChI=1S/C22H27ClN4O3S.C6H10/c1-3-17-15-18(23)5-6-19(17)22-20-16-26(31(2,28)29)10-7-21(20)27(24-22)9-4-8-25-11-13-30-14-12-25;1-2-5-4-6(5)3-1/h1,5-6,15H,4,7-14,16H2,2H3;5-6H,1-4H2. The Bertz CT molecular complexity index is 1250. The molecule has 9 heteroatoms. The number of fused-ring (bicyclic) bond motifs is 2. The van der Waals surface area contributed by atoms with Gasteiger partial charge in [0.05, 0.1) is 25.2 Å². The molecular formula is C28H37ClN4O3S. The van der Waals surface area contributed by atoms with Crippen LogP contribution in [0.2, 0.25) is 5.02 Å². The Morgan fingerprint density at radius 1 is 1.16 bits per heavy atom. The number of terminal acetylenes is 1. The van der Waals surface area contributed by atoms with Crippen molar-refractivity contribution in [2.24, 2.45) is 11.8 Å². The molecule has 1 saturated heterocycles. The quantitative estimate of drug-likeness (QED) is 0.514. The minimum atomic E-state index is -3.30. The summed E-state index contributed by atoms with van der Waals surface area (Å²) in [6, 6.07) is 5.41. The normalized spacial score (nSPS) is 23.5. The Kier molecular flexibility index (Phi) is 8.28. The zero-order chi connectivity index (χ0) is 26.0. The van der Waals surface area contributed by atoms with Crippen molar-refractivity contribution in [2.75, 3.05) is 45.6 Å². The van der Waals surface area contributed by atoms with E-state index in [4.69, 9.17) is 27.9 Å². The van der Waals surface area contributed by atoms with Gasteiger partial charge in [0, 0.05) is 73.1 Å². The second kappa shape index (κ2) is 11.5. The maximum absolute atomic E-state index is 12.2. The molecule has 2 atom stereocenters. The lowest BCUT2D eigenvalue weighted by atomic mass is 9.98. The lowest BCUT2D eigenvalue weighted by Gasteiger charge is -2.27. The number of morpholine rings is 1. The Labute approximate surface area is 226 Å².